The summed E-state index contributed by atoms with van der Waals surface area (Å²) in [6.45, 7) is 5.67. The third-order valence-electron chi connectivity index (χ3n) is 6.19. The lowest BCUT2D eigenvalue weighted by molar-refractivity contribution is -0.731. The molecule has 2 amide bonds. The number of esters is 1. The summed E-state index contributed by atoms with van der Waals surface area (Å²) < 4.78 is 5.32. The molecule has 29 heavy (non-hydrogen) atoms. The minimum Gasteiger partial charge on any atom is -0.461 e. The van der Waals surface area contributed by atoms with E-state index in [2.05, 4.69) is 0 Å². The molecule has 6 nitrogen and oxygen atoms in total. The van der Waals surface area contributed by atoms with Gasteiger partial charge in [-0.05, 0) is 31.5 Å². The van der Waals surface area contributed by atoms with E-state index in [1.807, 2.05) is 42.6 Å². The molecular weight excluding hydrogens is 368 g/mol. The quantitative estimate of drug-likeness (QED) is 0.634. The van der Waals surface area contributed by atoms with Gasteiger partial charge in [0.15, 0.2) is 0 Å². The average Bonchev–Trinajstić information content (AvgIpc) is 3.17. The summed E-state index contributed by atoms with van der Waals surface area (Å²) in [7, 11) is 0. The van der Waals surface area contributed by atoms with Crippen LogP contribution in [-0.2, 0) is 19.1 Å². The Morgan fingerprint density at radius 2 is 1.72 bits per heavy atom. The molecular formula is C23H25N2O4+. The maximum Gasteiger partial charge on any atom is 0.368 e. The van der Waals surface area contributed by atoms with Crippen LogP contribution in [0.25, 0.3) is 0 Å². The predicted molar refractivity (Wildman–Crippen MR) is 107 cm³/mol. The van der Waals surface area contributed by atoms with E-state index in [-0.39, 0.29) is 24.5 Å². The first-order valence-corrected chi connectivity index (χ1v) is 9.91. The van der Waals surface area contributed by atoms with Gasteiger partial charge >= 0.3 is 5.97 Å². The number of amides is 2. The number of anilines is 1. The monoisotopic (exact) mass is 393 g/mol. The molecule has 0 unspecified atom stereocenters. The topological polar surface area (TPSA) is 80.3 Å². The number of ether oxygens (including phenoxy) is 1. The molecule has 2 N–H and O–H groups in total. The lowest BCUT2D eigenvalue weighted by Gasteiger charge is -2.26. The molecule has 2 saturated heterocycles. The third-order valence-corrected chi connectivity index (χ3v) is 6.19. The molecule has 150 valence electrons. The number of carbonyl (C=O) groups is 3. The Labute approximate surface area is 169 Å². The molecule has 2 fully saturated rings. The van der Waals surface area contributed by atoms with Gasteiger partial charge in [-0.3, -0.25) is 9.59 Å². The van der Waals surface area contributed by atoms with Crippen LogP contribution >= 0.6 is 0 Å². The van der Waals surface area contributed by atoms with Crippen LogP contribution in [0.1, 0.15) is 31.0 Å². The normalized spacial score (nSPS) is 28.5. The zero-order valence-electron chi connectivity index (χ0n) is 16.8. The van der Waals surface area contributed by atoms with Gasteiger partial charge < -0.3 is 10.1 Å². The van der Waals surface area contributed by atoms with Crippen molar-refractivity contribution < 1.29 is 24.4 Å². The highest BCUT2D eigenvalue weighted by Crippen LogP contribution is 2.46. The lowest BCUT2D eigenvalue weighted by atomic mass is 9.80. The molecule has 0 radical (unpaired) electrons. The van der Waals surface area contributed by atoms with Crippen LogP contribution in [0.4, 0.5) is 5.69 Å². The van der Waals surface area contributed by atoms with E-state index in [0.717, 1.165) is 11.1 Å². The Balaban J connectivity index is 1.84. The van der Waals surface area contributed by atoms with Crippen LogP contribution in [-0.4, -0.2) is 29.9 Å². The van der Waals surface area contributed by atoms with Crippen LogP contribution in [0.5, 0.6) is 0 Å². The second-order valence-corrected chi connectivity index (χ2v) is 7.90. The summed E-state index contributed by atoms with van der Waals surface area (Å²) in [4.78, 5) is 41.1. The molecule has 4 rings (SSSR count). The summed E-state index contributed by atoms with van der Waals surface area (Å²) in [6, 6.07) is 16.4. The second kappa shape index (κ2) is 7.12. The molecule has 0 saturated carbocycles. The number of nitrogens with zero attached hydrogens (tertiary/aromatic N) is 1. The van der Waals surface area contributed by atoms with Gasteiger partial charge in [0.25, 0.3) is 0 Å². The standard InChI is InChI=1S/C23H24N2O4/c1-4-29-22(28)23(3)18-17(19(24-23)16-13-9-8-10-14(16)2)20(26)25(21(18)27)15-11-6-5-7-12-15/h5-13,17-19,24H,4H2,1-3H3/p+1/t17-,18+,19-,23-/m0/s1. The zero-order chi connectivity index (χ0) is 20.8. The Bertz CT molecular complexity index is 974. The zero-order valence-corrected chi connectivity index (χ0v) is 16.8. The summed E-state index contributed by atoms with van der Waals surface area (Å²) >= 11 is 0. The Morgan fingerprint density at radius 3 is 2.38 bits per heavy atom. The van der Waals surface area contributed by atoms with Crippen LogP contribution in [0.3, 0.4) is 0 Å². The molecule has 2 aliphatic heterocycles. The first-order chi connectivity index (χ1) is 13.9. The maximum absolute atomic E-state index is 13.5. The molecule has 2 aromatic carbocycles. The largest absolute Gasteiger partial charge is 0.461 e. The van der Waals surface area contributed by atoms with Crippen molar-refractivity contribution in [1.29, 1.82) is 0 Å². The number of fused-ring (bicyclic) bond motifs is 1. The van der Waals surface area contributed by atoms with Gasteiger partial charge in [0, 0.05) is 12.5 Å². The lowest BCUT2D eigenvalue weighted by Crippen LogP contribution is -2.97. The Hall–Kier alpha value is -2.99. The van der Waals surface area contributed by atoms with E-state index in [0.29, 0.717) is 5.69 Å². The Kier molecular flexibility index (Phi) is 4.74. The number of imide groups is 1. The molecule has 4 atom stereocenters. The van der Waals surface area contributed by atoms with Gasteiger partial charge in [-0.2, -0.15) is 0 Å². The van der Waals surface area contributed by atoms with E-state index in [9.17, 15) is 14.4 Å². The van der Waals surface area contributed by atoms with Crippen LogP contribution < -0.4 is 10.2 Å². The van der Waals surface area contributed by atoms with Gasteiger partial charge in [-0.1, -0.05) is 42.5 Å². The van der Waals surface area contributed by atoms with Crippen molar-refractivity contribution in [3.05, 3.63) is 65.7 Å². The van der Waals surface area contributed by atoms with E-state index < -0.39 is 23.3 Å². The number of para-hydroxylation sites is 1. The first-order valence-electron chi connectivity index (χ1n) is 9.91. The summed E-state index contributed by atoms with van der Waals surface area (Å²) in [6.07, 6.45) is 0. The van der Waals surface area contributed by atoms with E-state index in [1.54, 1.807) is 38.1 Å². The van der Waals surface area contributed by atoms with Crippen LogP contribution in [0.15, 0.2) is 54.6 Å². The summed E-state index contributed by atoms with van der Waals surface area (Å²) in [5.41, 5.74) is 1.36. The number of nitrogens with two attached hydrogens (primary N) is 1. The number of hydrogen-bond donors (Lipinski definition) is 1. The predicted octanol–water partition coefficient (Wildman–Crippen LogP) is 1.74. The third kappa shape index (κ3) is 2.86. The highest BCUT2D eigenvalue weighted by Gasteiger charge is 2.71. The van der Waals surface area contributed by atoms with Gasteiger partial charge in [-0.15, -0.1) is 0 Å². The van der Waals surface area contributed by atoms with Gasteiger partial charge in [-0.25, -0.2) is 9.69 Å². The highest BCUT2D eigenvalue weighted by molar-refractivity contribution is 6.23. The van der Waals surface area contributed by atoms with Crippen molar-refractivity contribution in [3.8, 4) is 0 Å². The average molecular weight is 393 g/mol. The molecule has 6 heteroatoms. The van der Waals surface area contributed by atoms with Gasteiger partial charge in [0.1, 0.15) is 17.9 Å². The molecule has 0 spiro atoms. The molecule has 2 heterocycles. The molecule has 0 bridgehead atoms. The van der Waals surface area contributed by atoms with Crippen LogP contribution in [0.2, 0.25) is 0 Å². The van der Waals surface area contributed by atoms with Crippen LogP contribution in [0, 0.1) is 18.8 Å². The summed E-state index contributed by atoms with van der Waals surface area (Å²) in [5.74, 6) is -2.46. The maximum atomic E-state index is 13.5. The fourth-order valence-electron chi connectivity index (χ4n) is 4.82. The van der Waals surface area contributed by atoms with Crippen molar-refractivity contribution in [2.75, 3.05) is 11.5 Å². The number of hydrogen-bond acceptors (Lipinski definition) is 4. The number of quaternary nitrogens is 1. The van der Waals surface area contributed by atoms with E-state index in [1.165, 1.54) is 4.90 Å². The molecule has 2 aliphatic rings. The number of rotatable bonds is 4. The SMILES string of the molecule is CCOC(=O)[C@@]1(C)[NH2+][C@@H](c2ccccc2C)[C@H]2C(=O)N(c3ccccc3)C(=O)[C@@H]21. The number of aryl methyl sites for hydroxylation is 1. The molecule has 2 aromatic rings. The number of carbonyl (C=O) groups excluding carboxylic acids is 3. The van der Waals surface area contributed by atoms with Crippen molar-refractivity contribution >= 4 is 23.5 Å². The molecule has 0 aliphatic carbocycles. The summed E-state index contributed by atoms with van der Waals surface area (Å²) in [5, 5.41) is 1.86. The second-order valence-electron chi connectivity index (χ2n) is 7.90. The minimum atomic E-state index is -1.16. The van der Waals surface area contributed by atoms with Gasteiger partial charge in [0.2, 0.25) is 17.4 Å². The highest BCUT2D eigenvalue weighted by atomic mass is 16.5. The van der Waals surface area contributed by atoms with Crippen molar-refractivity contribution in [2.24, 2.45) is 11.8 Å². The fraction of sp³-hybridized carbons (Fsp3) is 0.348. The fourth-order valence-corrected chi connectivity index (χ4v) is 4.82. The van der Waals surface area contributed by atoms with Crippen molar-refractivity contribution in [3.63, 3.8) is 0 Å². The molecule has 0 aromatic heterocycles. The minimum absolute atomic E-state index is 0.221. The van der Waals surface area contributed by atoms with Gasteiger partial charge in [0.05, 0.1) is 12.3 Å². The van der Waals surface area contributed by atoms with Crippen molar-refractivity contribution in [1.82, 2.24) is 0 Å². The first kappa shape index (κ1) is 19.3. The van der Waals surface area contributed by atoms with E-state index >= 15 is 0 Å². The number of benzene rings is 2. The van der Waals surface area contributed by atoms with E-state index in [4.69, 9.17) is 4.74 Å². The smallest absolute Gasteiger partial charge is 0.368 e. The Morgan fingerprint density at radius 1 is 1.07 bits per heavy atom. The van der Waals surface area contributed by atoms with Crippen molar-refractivity contribution in [2.45, 2.75) is 32.4 Å².